The molecule has 3 rings (SSSR count). The molecule has 0 atom stereocenters. The van der Waals surface area contributed by atoms with E-state index in [0.717, 1.165) is 32.0 Å². The summed E-state index contributed by atoms with van der Waals surface area (Å²) in [5.41, 5.74) is 0.490. The van der Waals surface area contributed by atoms with Crippen molar-refractivity contribution < 1.29 is 9.18 Å². The number of nitrogens with zero attached hydrogens (tertiary/aromatic N) is 4. The second kappa shape index (κ2) is 7.55. The average Bonchev–Trinajstić information content (AvgIpc) is 2.59. The van der Waals surface area contributed by atoms with Crippen molar-refractivity contribution >= 4 is 29.0 Å². The molecule has 0 radical (unpaired) electrons. The lowest BCUT2D eigenvalue weighted by Gasteiger charge is -2.34. The van der Waals surface area contributed by atoms with E-state index < -0.39 is 5.82 Å². The van der Waals surface area contributed by atoms with Gasteiger partial charge >= 0.3 is 0 Å². The molecule has 2 aromatic rings. The first-order chi connectivity index (χ1) is 11.6. The molecule has 1 amide bonds. The summed E-state index contributed by atoms with van der Waals surface area (Å²) in [6, 6.07) is 4.13. The van der Waals surface area contributed by atoms with Crippen LogP contribution >= 0.6 is 11.6 Å². The number of aromatic nitrogens is 2. The quantitative estimate of drug-likeness (QED) is 0.915. The Morgan fingerprint density at radius 2 is 2.04 bits per heavy atom. The smallest absolute Gasteiger partial charge is 0.238 e. The molecule has 8 heteroatoms. The topological polar surface area (TPSA) is 61.4 Å². The largest absolute Gasteiger partial charge is 0.353 e. The van der Waals surface area contributed by atoms with Crippen molar-refractivity contribution in [2.75, 3.05) is 42.9 Å². The van der Waals surface area contributed by atoms with E-state index in [2.05, 4.69) is 25.1 Å². The Morgan fingerprint density at radius 3 is 2.71 bits per heavy atom. The molecule has 0 spiro atoms. The summed E-state index contributed by atoms with van der Waals surface area (Å²) in [6.45, 7) is 3.37. The minimum atomic E-state index is -0.505. The van der Waals surface area contributed by atoms with Crippen LogP contribution in [0.3, 0.4) is 0 Å². The van der Waals surface area contributed by atoms with Gasteiger partial charge in [0.05, 0.1) is 17.8 Å². The zero-order chi connectivity index (χ0) is 16.9. The molecule has 0 saturated carbocycles. The Balaban J connectivity index is 1.49. The van der Waals surface area contributed by atoms with Crippen molar-refractivity contribution in [3.8, 4) is 0 Å². The Morgan fingerprint density at radius 1 is 1.25 bits per heavy atom. The van der Waals surface area contributed by atoms with Crippen molar-refractivity contribution in [3.63, 3.8) is 0 Å². The van der Waals surface area contributed by atoms with Crippen molar-refractivity contribution in [2.24, 2.45) is 0 Å². The zero-order valence-electron chi connectivity index (χ0n) is 13.0. The highest BCUT2D eigenvalue weighted by molar-refractivity contribution is 6.31. The fourth-order valence-electron chi connectivity index (χ4n) is 2.57. The van der Waals surface area contributed by atoms with Gasteiger partial charge in [-0.05, 0) is 18.2 Å². The monoisotopic (exact) mass is 349 g/mol. The minimum absolute atomic E-state index is 0.00890. The van der Waals surface area contributed by atoms with Crippen molar-refractivity contribution in [2.45, 2.75) is 0 Å². The Labute approximate surface area is 144 Å². The highest BCUT2D eigenvalue weighted by Gasteiger charge is 2.20. The maximum Gasteiger partial charge on any atom is 0.238 e. The van der Waals surface area contributed by atoms with Gasteiger partial charge < -0.3 is 10.2 Å². The number of piperazine rings is 1. The molecule has 1 aliphatic rings. The summed E-state index contributed by atoms with van der Waals surface area (Å²) in [4.78, 5) is 24.7. The lowest BCUT2D eigenvalue weighted by molar-refractivity contribution is -0.117. The summed E-state index contributed by atoms with van der Waals surface area (Å²) in [5.74, 6) is 0.197. The third kappa shape index (κ3) is 4.18. The van der Waals surface area contributed by atoms with Crippen LogP contribution in [-0.4, -0.2) is 53.5 Å². The Kier molecular flexibility index (Phi) is 5.22. The zero-order valence-corrected chi connectivity index (χ0v) is 13.7. The standard InChI is InChI=1S/C16H17ClFN5O/c17-13-9-12(1-2-14(13)18)21-16(24)11-22-5-7-23(8-6-22)15-10-19-3-4-20-15/h1-4,9-10H,5-8,11H2,(H,21,24). The van der Waals surface area contributed by atoms with Crippen molar-refractivity contribution in [1.82, 2.24) is 14.9 Å². The molecule has 6 nitrogen and oxygen atoms in total. The van der Waals surface area contributed by atoms with Crippen LogP contribution in [-0.2, 0) is 4.79 Å². The number of carbonyl (C=O) groups excluding carboxylic acids is 1. The second-order valence-electron chi connectivity index (χ2n) is 5.50. The first kappa shape index (κ1) is 16.6. The lowest BCUT2D eigenvalue weighted by Crippen LogP contribution is -2.48. The molecule has 0 aliphatic carbocycles. The molecule has 1 aromatic heterocycles. The predicted molar refractivity (Wildman–Crippen MR) is 90.7 cm³/mol. The number of rotatable bonds is 4. The van der Waals surface area contributed by atoms with E-state index in [9.17, 15) is 9.18 Å². The van der Waals surface area contributed by atoms with Crippen molar-refractivity contribution in [3.05, 3.63) is 47.6 Å². The lowest BCUT2D eigenvalue weighted by atomic mass is 10.3. The molecule has 1 aromatic carbocycles. The summed E-state index contributed by atoms with van der Waals surface area (Å²) in [5, 5.41) is 2.72. The van der Waals surface area contributed by atoms with Crippen LogP contribution in [0, 0.1) is 5.82 Å². The van der Waals surface area contributed by atoms with Gasteiger partial charge in [-0.3, -0.25) is 14.7 Å². The van der Waals surface area contributed by atoms with Gasteiger partial charge in [0.1, 0.15) is 11.6 Å². The van der Waals surface area contributed by atoms with Crippen LogP contribution in [0.2, 0.25) is 5.02 Å². The normalized spacial score (nSPS) is 15.3. The highest BCUT2D eigenvalue weighted by atomic mass is 35.5. The Hall–Kier alpha value is -2.25. The van der Waals surface area contributed by atoms with Gasteiger partial charge in [0.25, 0.3) is 0 Å². The molecule has 0 bridgehead atoms. The fraction of sp³-hybridized carbons (Fsp3) is 0.312. The van der Waals surface area contributed by atoms with E-state index in [4.69, 9.17) is 11.6 Å². The maximum atomic E-state index is 13.1. The van der Waals surface area contributed by atoms with E-state index in [1.807, 2.05) is 0 Å². The van der Waals surface area contributed by atoms with Gasteiger partial charge in [0, 0.05) is 44.3 Å². The van der Waals surface area contributed by atoms with E-state index >= 15 is 0 Å². The number of nitrogens with one attached hydrogen (secondary N) is 1. The molecule has 1 N–H and O–H groups in total. The molecular formula is C16H17ClFN5O. The number of hydrogen-bond acceptors (Lipinski definition) is 5. The third-order valence-corrected chi connectivity index (χ3v) is 4.11. The van der Waals surface area contributed by atoms with E-state index in [1.54, 1.807) is 18.6 Å². The van der Waals surface area contributed by atoms with Crippen LogP contribution in [0.5, 0.6) is 0 Å². The van der Waals surface area contributed by atoms with Crippen LogP contribution in [0.25, 0.3) is 0 Å². The van der Waals surface area contributed by atoms with Gasteiger partial charge in [0.2, 0.25) is 5.91 Å². The van der Waals surface area contributed by atoms with Crippen LogP contribution in [0.1, 0.15) is 0 Å². The van der Waals surface area contributed by atoms with E-state index in [1.165, 1.54) is 18.2 Å². The first-order valence-corrected chi connectivity index (χ1v) is 7.98. The van der Waals surface area contributed by atoms with E-state index in [0.29, 0.717) is 5.69 Å². The summed E-state index contributed by atoms with van der Waals surface area (Å²) in [7, 11) is 0. The molecular weight excluding hydrogens is 333 g/mol. The minimum Gasteiger partial charge on any atom is -0.353 e. The first-order valence-electron chi connectivity index (χ1n) is 7.60. The maximum absolute atomic E-state index is 13.1. The number of amides is 1. The van der Waals surface area contributed by atoms with Crippen molar-refractivity contribution in [1.29, 1.82) is 0 Å². The summed E-state index contributed by atoms with van der Waals surface area (Å²) in [6.07, 6.45) is 5.05. The SMILES string of the molecule is O=C(CN1CCN(c2cnccn2)CC1)Nc1ccc(F)c(Cl)c1. The molecule has 1 fully saturated rings. The van der Waals surface area contributed by atoms with E-state index in [-0.39, 0.29) is 17.5 Å². The van der Waals surface area contributed by atoms with Gasteiger partial charge in [-0.25, -0.2) is 9.37 Å². The van der Waals surface area contributed by atoms with Gasteiger partial charge in [-0.2, -0.15) is 0 Å². The molecule has 1 saturated heterocycles. The van der Waals surface area contributed by atoms with Gasteiger partial charge in [-0.1, -0.05) is 11.6 Å². The third-order valence-electron chi connectivity index (χ3n) is 3.82. The number of halogens is 2. The number of carbonyl (C=O) groups is 1. The van der Waals surface area contributed by atoms with Crippen LogP contribution in [0.15, 0.2) is 36.8 Å². The van der Waals surface area contributed by atoms with Gasteiger partial charge in [0.15, 0.2) is 0 Å². The fourth-order valence-corrected chi connectivity index (χ4v) is 2.75. The molecule has 2 heterocycles. The molecule has 126 valence electrons. The number of benzene rings is 1. The molecule has 24 heavy (non-hydrogen) atoms. The molecule has 1 aliphatic heterocycles. The highest BCUT2D eigenvalue weighted by Crippen LogP contribution is 2.19. The predicted octanol–water partition coefficient (Wildman–Crippen LogP) is 2.03. The van der Waals surface area contributed by atoms with Crippen LogP contribution in [0.4, 0.5) is 15.9 Å². The summed E-state index contributed by atoms with van der Waals surface area (Å²) >= 11 is 5.71. The number of hydrogen-bond donors (Lipinski definition) is 1. The summed E-state index contributed by atoms with van der Waals surface area (Å²) < 4.78 is 13.1. The Bertz CT molecular complexity index is 707. The molecule has 0 unspecified atom stereocenters. The second-order valence-corrected chi connectivity index (χ2v) is 5.91. The average molecular weight is 350 g/mol. The van der Waals surface area contributed by atoms with Gasteiger partial charge in [-0.15, -0.1) is 0 Å². The number of anilines is 2. The van der Waals surface area contributed by atoms with Crippen LogP contribution < -0.4 is 10.2 Å².